The number of carbonyl (C=O) groups excluding carboxylic acids is 2. The molecule has 1 aliphatic rings. The Kier molecular flexibility index (Phi) is 7.14. The van der Waals surface area contributed by atoms with Crippen molar-refractivity contribution in [2.24, 2.45) is 0 Å². The fourth-order valence-electron chi connectivity index (χ4n) is 3.37. The lowest BCUT2D eigenvalue weighted by molar-refractivity contribution is 0.00955. The predicted molar refractivity (Wildman–Crippen MR) is 113 cm³/mol. The maximum atomic E-state index is 12.8. The van der Waals surface area contributed by atoms with Gasteiger partial charge in [-0.05, 0) is 73.8 Å². The fourth-order valence-corrected chi connectivity index (χ4v) is 3.37. The molecule has 1 atom stereocenters. The van der Waals surface area contributed by atoms with Gasteiger partial charge in [0.2, 0.25) is 0 Å². The van der Waals surface area contributed by atoms with Gasteiger partial charge in [-0.15, -0.1) is 0 Å². The minimum Gasteiger partial charge on any atom is -0.444 e. The van der Waals surface area contributed by atoms with Crippen LogP contribution in [0.25, 0.3) is 0 Å². The minimum atomic E-state index is -0.604. The number of rotatable bonds is 3. The van der Waals surface area contributed by atoms with Crippen LogP contribution in [0.3, 0.4) is 0 Å². The summed E-state index contributed by atoms with van der Waals surface area (Å²) < 4.78 is 11.2. The molecule has 1 fully saturated rings. The lowest BCUT2D eigenvalue weighted by atomic mass is 9.95. The lowest BCUT2D eigenvalue weighted by Crippen LogP contribution is -2.43. The highest BCUT2D eigenvalue weighted by atomic mass is 16.6. The van der Waals surface area contributed by atoms with Crippen LogP contribution in [-0.4, -0.2) is 46.4 Å². The molecule has 2 amide bonds. The molecule has 1 aliphatic heterocycles. The number of hydrogen-bond donors (Lipinski definition) is 0. The van der Waals surface area contributed by atoms with Gasteiger partial charge in [-0.1, -0.05) is 6.07 Å². The number of nitrogens with zero attached hydrogens (tertiary/aromatic N) is 3. The van der Waals surface area contributed by atoms with Crippen LogP contribution in [0, 0.1) is 0 Å². The van der Waals surface area contributed by atoms with Gasteiger partial charge in [-0.25, -0.2) is 14.6 Å². The quantitative estimate of drug-likeness (QED) is 0.682. The molecule has 0 spiro atoms. The summed E-state index contributed by atoms with van der Waals surface area (Å²) in [5.74, 6) is 0.532. The summed E-state index contributed by atoms with van der Waals surface area (Å²) in [6.07, 6.45) is 3.60. The topological polar surface area (TPSA) is 72.0 Å². The average molecular weight is 406 g/mol. The summed E-state index contributed by atoms with van der Waals surface area (Å²) >= 11 is 0. The third-order valence-electron chi connectivity index (χ3n) is 4.49. The first-order chi connectivity index (χ1) is 13.4. The number of anilines is 1. The molecular weight excluding hydrogens is 370 g/mol. The normalized spacial score (nSPS) is 17.6. The van der Waals surface area contributed by atoms with E-state index in [1.165, 1.54) is 4.90 Å². The highest BCUT2D eigenvalue weighted by Gasteiger charge is 2.35. The summed E-state index contributed by atoms with van der Waals surface area (Å²) in [5, 5.41) is 0. The third kappa shape index (κ3) is 6.34. The van der Waals surface area contributed by atoms with Gasteiger partial charge >= 0.3 is 12.2 Å². The maximum absolute atomic E-state index is 12.8. The van der Waals surface area contributed by atoms with Crippen LogP contribution in [-0.2, 0) is 9.47 Å². The van der Waals surface area contributed by atoms with Gasteiger partial charge in [0.15, 0.2) is 0 Å². The molecule has 2 rings (SSSR count). The molecule has 0 bridgehead atoms. The van der Waals surface area contributed by atoms with Crippen LogP contribution < -0.4 is 4.90 Å². The van der Waals surface area contributed by atoms with Crippen molar-refractivity contribution < 1.29 is 19.1 Å². The van der Waals surface area contributed by atoms with Crippen molar-refractivity contribution in [1.29, 1.82) is 0 Å². The van der Waals surface area contributed by atoms with Gasteiger partial charge in [-0.3, -0.25) is 4.90 Å². The second-order valence-corrected chi connectivity index (χ2v) is 9.33. The molecule has 0 aromatic carbocycles. The molecule has 2 heterocycles. The minimum absolute atomic E-state index is 0.196. The standard InChI is InChI=1S/C22H35N3O4/c1-8-24(19(26)28-21(2,3)4)18-16(12-11-14-23-18)17-13-9-10-15-25(17)20(27)29-22(5,6)7/h11-12,14,17H,8-10,13,15H2,1-7H3. The van der Waals surface area contributed by atoms with Crippen molar-refractivity contribution in [2.45, 2.75) is 85.0 Å². The summed E-state index contributed by atoms with van der Waals surface area (Å²) in [7, 11) is 0. The zero-order valence-corrected chi connectivity index (χ0v) is 18.8. The van der Waals surface area contributed by atoms with Crippen LogP contribution in [0.5, 0.6) is 0 Å². The molecule has 0 N–H and O–H groups in total. The van der Waals surface area contributed by atoms with E-state index in [-0.39, 0.29) is 12.1 Å². The number of carbonyl (C=O) groups is 2. The summed E-state index contributed by atoms with van der Waals surface area (Å²) in [6, 6.07) is 3.57. The van der Waals surface area contributed by atoms with Gasteiger partial charge in [0.05, 0.1) is 6.04 Å². The van der Waals surface area contributed by atoms with E-state index in [2.05, 4.69) is 4.98 Å². The second-order valence-electron chi connectivity index (χ2n) is 9.33. The van der Waals surface area contributed by atoms with E-state index in [9.17, 15) is 9.59 Å². The summed E-state index contributed by atoms with van der Waals surface area (Å²) in [6.45, 7) is 14.0. The Morgan fingerprint density at radius 3 is 2.38 bits per heavy atom. The molecule has 0 aliphatic carbocycles. The zero-order valence-electron chi connectivity index (χ0n) is 18.8. The Morgan fingerprint density at radius 2 is 1.79 bits per heavy atom. The molecule has 7 heteroatoms. The van der Waals surface area contributed by atoms with Gasteiger partial charge < -0.3 is 14.4 Å². The Labute approximate surface area is 174 Å². The Hall–Kier alpha value is -2.31. The van der Waals surface area contributed by atoms with E-state index in [0.29, 0.717) is 18.9 Å². The molecule has 7 nitrogen and oxygen atoms in total. The Bertz CT molecular complexity index is 722. The summed E-state index contributed by atoms with van der Waals surface area (Å²) in [5.41, 5.74) is -0.332. The molecular formula is C22H35N3O4. The number of likely N-dealkylation sites (tertiary alicyclic amines) is 1. The first kappa shape index (κ1) is 23.0. The first-order valence-electron chi connectivity index (χ1n) is 10.4. The first-order valence-corrected chi connectivity index (χ1v) is 10.4. The van der Waals surface area contributed by atoms with E-state index in [0.717, 1.165) is 24.8 Å². The van der Waals surface area contributed by atoms with E-state index < -0.39 is 17.3 Å². The van der Waals surface area contributed by atoms with Gasteiger partial charge in [0, 0.05) is 24.8 Å². The lowest BCUT2D eigenvalue weighted by Gasteiger charge is -2.38. The van der Waals surface area contributed by atoms with Crippen LogP contribution in [0.1, 0.15) is 79.3 Å². The van der Waals surface area contributed by atoms with Crippen molar-refractivity contribution in [1.82, 2.24) is 9.88 Å². The summed E-state index contributed by atoms with van der Waals surface area (Å²) in [4.78, 5) is 33.4. The largest absolute Gasteiger partial charge is 0.444 e. The second kappa shape index (κ2) is 9.01. The molecule has 0 radical (unpaired) electrons. The third-order valence-corrected chi connectivity index (χ3v) is 4.49. The molecule has 0 saturated carbocycles. The van der Waals surface area contributed by atoms with Crippen molar-refractivity contribution in [3.05, 3.63) is 23.9 Å². The van der Waals surface area contributed by atoms with Crippen molar-refractivity contribution in [3.63, 3.8) is 0 Å². The monoisotopic (exact) mass is 405 g/mol. The van der Waals surface area contributed by atoms with Crippen molar-refractivity contribution in [3.8, 4) is 0 Å². The zero-order chi connectivity index (χ0) is 21.8. The van der Waals surface area contributed by atoms with Crippen LogP contribution in [0.2, 0.25) is 0 Å². The average Bonchev–Trinajstić information content (AvgIpc) is 2.60. The SMILES string of the molecule is CCN(C(=O)OC(C)(C)C)c1ncccc1C1CCCCN1C(=O)OC(C)(C)C. The van der Waals surface area contributed by atoms with E-state index >= 15 is 0 Å². The van der Waals surface area contributed by atoms with Crippen LogP contribution in [0.15, 0.2) is 18.3 Å². The molecule has 162 valence electrons. The fraction of sp³-hybridized carbons (Fsp3) is 0.682. The number of pyridine rings is 1. The smallest absolute Gasteiger partial charge is 0.415 e. The number of aromatic nitrogens is 1. The molecule has 1 aromatic rings. The Balaban J connectivity index is 2.38. The van der Waals surface area contributed by atoms with E-state index in [1.807, 2.05) is 60.6 Å². The molecule has 1 unspecified atom stereocenters. The molecule has 29 heavy (non-hydrogen) atoms. The molecule has 1 saturated heterocycles. The van der Waals surface area contributed by atoms with Gasteiger partial charge in [0.25, 0.3) is 0 Å². The molecule has 1 aromatic heterocycles. The van der Waals surface area contributed by atoms with Crippen molar-refractivity contribution >= 4 is 18.0 Å². The maximum Gasteiger partial charge on any atom is 0.415 e. The number of ether oxygens (including phenoxy) is 2. The Morgan fingerprint density at radius 1 is 1.14 bits per heavy atom. The van der Waals surface area contributed by atoms with Crippen LogP contribution in [0.4, 0.5) is 15.4 Å². The van der Waals surface area contributed by atoms with Gasteiger partial charge in [-0.2, -0.15) is 0 Å². The number of hydrogen-bond acceptors (Lipinski definition) is 5. The highest BCUT2D eigenvalue weighted by molar-refractivity contribution is 5.87. The number of amides is 2. The van der Waals surface area contributed by atoms with E-state index in [4.69, 9.17) is 9.47 Å². The predicted octanol–water partition coefficient (Wildman–Crippen LogP) is 5.31. The highest BCUT2D eigenvalue weighted by Crippen LogP contribution is 2.36. The van der Waals surface area contributed by atoms with E-state index in [1.54, 1.807) is 11.1 Å². The van der Waals surface area contributed by atoms with Crippen molar-refractivity contribution in [2.75, 3.05) is 18.0 Å². The van der Waals surface area contributed by atoms with Gasteiger partial charge in [0.1, 0.15) is 17.0 Å². The number of piperidine rings is 1. The van der Waals surface area contributed by atoms with Crippen LogP contribution >= 0.6 is 0 Å².